The summed E-state index contributed by atoms with van der Waals surface area (Å²) in [6, 6.07) is 9.69. The lowest BCUT2D eigenvalue weighted by molar-refractivity contribution is -0.275. The Bertz CT molecular complexity index is 1040. The lowest BCUT2D eigenvalue weighted by atomic mass is 10.0. The van der Waals surface area contributed by atoms with Crippen LogP contribution in [0.15, 0.2) is 48.5 Å². The number of rotatable bonds is 3. The maximum atomic E-state index is 12.4. The Balaban J connectivity index is 0.000000241. The molecule has 2 saturated heterocycles. The Morgan fingerprint density at radius 2 is 1.34 bits per heavy atom. The minimum atomic E-state index is -4.76. The number of hydrogen-bond acceptors (Lipinski definition) is 4. The van der Waals surface area contributed by atoms with Crippen molar-refractivity contribution in [3.63, 3.8) is 0 Å². The van der Waals surface area contributed by atoms with Crippen LogP contribution in [0.25, 0.3) is 5.73 Å². The average molecular weight is 506 g/mol. The number of fused-ring (bicyclic) bond motifs is 1. The van der Waals surface area contributed by atoms with E-state index in [-0.39, 0.29) is 42.1 Å². The summed E-state index contributed by atoms with van der Waals surface area (Å²) in [6.07, 6.45) is -10.5. The van der Waals surface area contributed by atoms with Crippen LogP contribution in [0.2, 0.25) is 0 Å². The molecular formula is C21H18F6N3O5-. The van der Waals surface area contributed by atoms with Crippen molar-refractivity contribution in [2.24, 2.45) is 11.8 Å². The van der Waals surface area contributed by atoms with Gasteiger partial charge < -0.3 is 30.1 Å². The van der Waals surface area contributed by atoms with E-state index >= 15 is 0 Å². The molecule has 0 saturated carbocycles. The molecule has 0 spiro atoms. The smallest absolute Gasteiger partial charge is 0.573 e. The number of nitrogens with one attached hydrogen (secondary N) is 1. The number of halogens is 6. The summed E-state index contributed by atoms with van der Waals surface area (Å²) in [5, 5.41) is 8.96. The van der Waals surface area contributed by atoms with Crippen molar-refractivity contribution in [2.75, 3.05) is 24.5 Å². The second-order valence-corrected chi connectivity index (χ2v) is 7.62. The number of likely N-dealkylation sites (tertiary alicyclic amines) is 1. The Morgan fingerprint density at radius 3 is 1.77 bits per heavy atom. The van der Waals surface area contributed by atoms with Gasteiger partial charge in [0.1, 0.15) is 11.5 Å². The maximum Gasteiger partial charge on any atom is 0.573 e. The number of amides is 2. The van der Waals surface area contributed by atoms with E-state index in [4.69, 9.17) is 10.8 Å². The molecule has 0 aliphatic carbocycles. The molecule has 0 bridgehead atoms. The van der Waals surface area contributed by atoms with E-state index in [0.29, 0.717) is 12.2 Å². The van der Waals surface area contributed by atoms with Gasteiger partial charge in [0.2, 0.25) is 5.91 Å². The van der Waals surface area contributed by atoms with Crippen molar-refractivity contribution in [3.8, 4) is 11.5 Å². The van der Waals surface area contributed by atoms with E-state index in [1.807, 2.05) is 0 Å². The van der Waals surface area contributed by atoms with E-state index in [1.54, 1.807) is 0 Å². The van der Waals surface area contributed by atoms with E-state index in [9.17, 15) is 35.9 Å². The highest BCUT2D eigenvalue weighted by Crippen LogP contribution is 2.36. The number of carboxylic acid groups (broad SMARTS) is 1. The molecule has 2 fully saturated rings. The summed E-state index contributed by atoms with van der Waals surface area (Å²) >= 11 is 0. The van der Waals surface area contributed by atoms with Gasteiger partial charge in [-0.15, -0.1) is 32.0 Å². The van der Waals surface area contributed by atoms with Gasteiger partial charge >= 0.3 is 18.8 Å². The van der Waals surface area contributed by atoms with Gasteiger partial charge in [-0.05, 0) is 36.4 Å². The normalized spacial score (nSPS) is 19.7. The largest absolute Gasteiger partial charge is 0.699 e. The number of carbonyl (C=O) groups excluding carboxylic acids is 1. The zero-order chi connectivity index (χ0) is 26.0. The molecule has 190 valence electrons. The van der Waals surface area contributed by atoms with Crippen LogP contribution in [0.3, 0.4) is 0 Å². The predicted molar refractivity (Wildman–Crippen MR) is 109 cm³/mol. The van der Waals surface area contributed by atoms with E-state index in [1.165, 1.54) is 34.1 Å². The van der Waals surface area contributed by atoms with Gasteiger partial charge in [0, 0.05) is 31.2 Å². The topological polar surface area (TPSA) is 103 Å². The fourth-order valence-electron chi connectivity index (χ4n) is 3.73. The fraction of sp³-hybridized carbons (Fsp3) is 0.333. The van der Waals surface area contributed by atoms with Crippen LogP contribution in [0.5, 0.6) is 11.5 Å². The summed E-state index contributed by atoms with van der Waals surface area (Å²) < 4.78 is 78.4. The van der Waals surface area contributed by atoms with Crippen molar-refractivity contribution in [1.29, 1.82) is 0 Å². The molecule has 2 aromatic rings. The van der Waals surface area contributed by atoms with Crippen LogP contribution in [0, 0.1) is 11.8 Å². The standard InChI is InChI=1S/C14H13F3N2O4.C7H5F3NO/c15-14(16,17)23-10-3-1-9(2-4-10)19-6-8-5-18(13(21)22)7-11(8)12(19)20;8-7(9,10)12-6-3-1-5(11)2-4-6/h1-4,8,11H,5-7H2,(H,21,22);1-4,11H/q;-1/t8-,11-;/m1./s1. The molecule has 0 radical (unpaired) electrons. The predicted octanol–water partition coefficient (Wildman–Crippen LogP) is 5.43. The average Bonchev–Trinajstić information content (AvgIpc) is 3.29. The first-order valence-electron chi connectivity index (χ1n) is 9.94. The number of carbonyl (C=O) groups is 2. The van der Waals surface area contributed by atoms with Gasteiger partial charge in [-0.25, -0.2) is 4.79 Å². The van der Waals surface area contributed by atoms with Gasteiger partial charge in [0.15, 0.2) is 0 Å². The Labute approximate surface area is 194 Å². The third-order valence-electron chi connectivity index (χ3n) is 5.18. The highest BCUT2D eigenvalue weighted by atomic mass is 19.4. The van der Waals surface area contributed by atoms with Crippen LogP contribution < -0.4 is 14.4 Å². The third kappa shape index (κ3) is 7.07. The summed E-state index contributed by atoms with van der Waals surface area (Å²) in [5.41, 5.74) is 7.60. The molecule has 2 atom stereocenters. The van der Waals surface area contributed by atoms with Crippen LogP contribution in [-0.4, -0.2) is 54.4 Å². The number of ether oxygens (including phenoxy) is 2. The van der Waals surface area contributed by atoms with Crippen LogP contribution in [-0.2, 0) is 4.79 Å². The van der Waals surface area contributed by atoms with Gasteiger partial charge in [0.05, 0.1) is 5.92 Å². The first-order valence-corrected chi connectivity index (χ1v) is 9.94. The molecule has 2 heterocycles. The molecule has 2 aliphatic rings. The van der Waals surface area contributed by atoms with E-state index in [0.717, 1.165) is 24.3 Å². The van der Waals surface area contributed by atoms with Crippen molar-refractivity contribution in [3.05, 3.63) is 54.3 Å². The zero-order valence-corrected chi connectivity index (χ0v) is 17.6. The summed E-state index contributed by atoms with van der Waals surface area (Å²) in [5.74, 6) is -1.35. The van der Waals surface area contributed by atoms with Gasteiger partial charge in [-0.1, -0.05) is 12.1 Å². The van der Waals surface area contributed by atoms with E-state index in [2.05, 4.69) is 9.47 Å². The van der Waals surface area contributed by atoms with Gasteiger partial charge in [0.25, 0.3) is 0 Å². The van der Waals surface area contributed by atoms with Crippen LogP contribution in [0.1, 0.15) is 0 Å². The number of hydrogen-bond donors (Lipinski definition) is 1. The SMILES string of the molecule is O=C(O)N1C[C@@H]2CN(c3ccc(OC(F)(F)F)cc3)C(=O)[C@@H]2C1.[NH-]c1ccc(OC(F)(F)F)cc1. The number of nitrogens with zero attached hydrogens (tertiary/aromatic N) is 2. The number of benzene rings is 2. The van der Waals surface area contributed by atoms with E-state index < -0.39 is 24.7 Å². The molecular weight excluding hydrogens is 488 g/mol. The van der Waals surface area contributed by atoms with Gasteiger partial charge in [-0.2, -0.15) is 0 Å². The minimum Gasteiger partial charge on any atom is -0.699 e. The van der Waals surface area contributed by atoms with Crippen molar-refractivity contribution >= 4 is 23.4 Å². The van der Waals surface area contributed by atoms with Gasteiger partial charge in [-0.3, -0.25) is 4.79 Å². The van der Waals surface area contributed by atoms with Crippen molar-refractivity contribution in [2.45, 2.75) is 12.7 Å². The second kappa shape index (κ2) is 9.80. The fourth-order valence-corrected chi connectivity index (χ4v) is 3.73. The molecule has 2 N–H and O–H groups in total. The Kier molecular flexibility index (Phi) is 7.22. The Morgan fingerprint density at radius 1 is 0.857 bits per heavy atom. The lowest BCUT2D eigenvalue weighted by Gasteiger charge is -2.20. The third-order valence-corrected chi connectivity index (χ3v) is 5.18. The minimum absolute atomic E-state index is 0.0929. The first-order chi connectivity index (χ1) is 16.2. The molecule has 35 heavy (non-hydrogen) atoms. The Hall–Kier alpha value is -3.84. The zero-order valence-electron chi connectivity index (χ0n) is 17.6. The van der Waals surface area contributed by atoms with Crippen LogP contribution >= 0.6 is 0 Å². The van der Waals surface area contributed by atoms with Crippen molar-refractivity contribution in [1.82, 2.24) is 4.90 Å². The molecule has 0 unspecified atom stereocenters. The maximum absolute atomic E-state index is 12.4. The molecule has 4 rings (SSSR count). The summed E-state index contributed by atoms with van der Waals surface area (Å²) in [6.45, 7) is 0.800. The second-order valence-electron chi connectivity index (χ2n) is 7.62. The number of alkyl halides is 6. The van der Waals surface area contributed by atoms with Crippen molar-refractivity contribution < 1.29 is 50.5 Å². The molecule has 8 nitrogen and oxygen atoms in total. The highest BCUT2D eigenvalue weighted by Gasteiger charge is 2.48. The molecule has 0 aromatic heterocycles. The lowest BCUT2D eigenvalue weighted by Crippen LogP contribution is -2.34. The summed E-state index contributed by atoms with van der Waals surface area (Å²) in [7, 11) is 0. The van der Waals surface area contributed by atoms with Crippen LogP contribution in [0.4, 0.5) is 42.5 Å². The first kappa shape index (κ1) is 25.8. The quantitative estimate of drug-likeness (QED) is 0.560. The molecule has 2 aliphatic heterocycles. The molecule has 2 aromatic carbocycles. The highest BCUT2D eigenvalue weighted by molar-refractivity contribution is 5.98. The number of anilines is 1. The molecule has 2 amide bonds. The monoisotopic (exact) mass is 506 g/mol. The summed E-state index contributed by atoms with van der Waals surface area (Å²) in [4.78, 5) is 26.0. The molecule has 14 heteroatoms.